The summed E-state index contributed by atoms with van der Waals surface area (Å²) in [6, 6.07) is 0. The third kappa shape index (κ3) is 1.86. The molecule has 4 heteroatoms. The normalized spacial score (nSPS) is 39.4. The molecule has 0 amide bonds. The monoisotopic (exact) mass is 208 g/mol. The van der Waals surface area contributed by atoms with Crippen LogP contribution < -0.4 is 0 Å². The molecule has 1 rings (SSSR count). The minimum atomic E-state index is -0.861. The van der Waals surface area contributed by atoms with E-state index < -0.39 is 21.0 Å². The van der Waals surface area contributed by atoms with E-state index in [0.717, 1.165) is 17.9 Å². The lowest BCUT2D eigenvalue weighted by molar-refractivity contribution is 0.160. The topological polar surface area (TPSA) is 37.3 Å². The standard InChI is InChI=1S/C8H16O2S2/c1-3-7(9)8(2)11-5-4-6-12(8)10/h7,9H,3-6H2,1-2H3. The van der Waals surface area contributed by atoms with Crippen LogP contribution in [0.4, 0.5) is 0 Å². The molecule has 0 radical (unpaired) electrons. The van der Waals surface area contributed by atoms with Crippen LogP contribution in [0.3, 0.4) is 0 Å². The largest absolute Gasteiger partial charge is 0.391 e. The van der Waals surface area contributed by atoms with Gasteiger partial charge in [0.2, 0.25) is 0 Å². The van der Waals surface area contributed by atoms with Crippen molar-refractivity contribution in [1.29, 1.82) is 0 Å². The van der Waals surface area contributed by atoms with Crippen molar-refractivity contribution in [3.63, 3.8) is 0 Å². The molecule has 0 aromatic rings. The van der Waals surface area contributed by atoms with Crippen LogP contribution in [0.5, 0.6) is 0 Å². The summed E-state index contributed by atoms with van der Waals surface area (Å²) < 4.78 is 11.2. The maximum Gasteiger partial charge on any atom is 0.114 e. The molecule has 12 heavy (non-hydrogen) atoms. The van der Waals surface area contributed by atoms with Gasteiger partial charge in [-0.3, -0.25) is 4.21 Å². The lowest BCUT2D eigenvalue weighted by Gasteiger charge is -2.35. The van der Waals surface area contributed by atoms with Gasteiger partial charge in [0.05, 0.1) is 6.10 Å². The number of rotatable bonds is 2. The summed E-state index contributed by atoms with van der Waals surface area (Å²) in [5.74, 6) is 1.78. The number of aliphatic hydroxyl groups is 1. The molecule has 72 valence electrons. The maximum atomic E-state index is 11.6. The first-order chi connectivity index (χ1) is 5.61. The van der Waals surface area contributed by atoms with Gasteiger partial charge in [0, 0.05) is 16.6 Å². The van der Waals surface area contributed by atoms with Crippen molar-refractivity contribution in [2.75, 3.05) is 11.5 Å². The van der Waals surface area contributed by atoms with Gasteiger partial charge in [-0.05, 0) is 25.5 Å². The summed E-state index contributed by atoms with van der Waals surface area (Å²) in [4.78, 5) is 0. The minimum absolute atomic E-state index is 0.410. The van der Waals surface area contributed by atoms with Gasteiger partial charge in [0.15, 0.2) is 0 Å². The van der Waals surface area contributed by atoms with Crippen LogP contribution in [0.1, 0.15) is 26.7 Å². The lowest BCUT2D eigenvalue weighted by atomic mass is 10.2. The molecule has 0 spiro atoms. The molecule has 2 nitrogen and oxygen atoms in total. The Morgan fingerprint density at radius 2 is 2.42 bits per heavy atom. The second-order valence-electron chi connectivity index (χ2n) is 3.19. The molecular weight excluding hydrogens is 192 g/mol. The van der Waals surface area contributed by atoms with E-state index in [1.54, 1.807) is 11.8 Å². The molecule has 1 aliphatic rings. The predicted molar refractivity (Wildman–Crippen MR) is 54.8 cm³/mol. The highest BCUT2D eigenvalue weighted by Gasteiger charge is 2.40. The number of hydrogen-bond acceptors (Lipinski definition) is 3. The Hall–Kier alpha value is 0.460. The summed E-state index contributed by atoms with van der Waals surface area (Å²) in [6.45, 7) is 3.85. The van der Waals surface area contributed by atoms with E-state index in [1.807, 2.05) is 13.8 Å². The summed E-state index contributed by atoms with van der Waals surface area (Å²) in [5.41, 5.74) is 0. The zero-order valence-electron chi connectivity index (χ0n) is 7.58. The van der Waals surface area contributed by atoms with E-state index in [2.05, 4.69) is 0 Å². The van der Waals surface area contributed by atoms with Gasteiger partial charge in [-0.25, -0.2) is 0 Å². The second-order valence-corrected chi connectivity index (χ2v) is 6.94. The van der Waals surface area contributed by atoms with Gasteiger partial charge in [-0.1, -0.05) is 6.92 Å². The maximum absolute atomic E-state index is 11.6. The SMILES string of the molecule is CCC(O)C1(C)SCCCS1=O. The summed E-state index contributed by atoms with van der Waals surface area (Å²) in [6.07, 6.45) is 1.28. The van der Waals surface area contributed by atoms with Crippen molar-refractivity contribution in [2.24, 2.45) is 0 Å². The Kier molecular flexibility index (Phi) is 3.61. The average Bonchev–Trinajstić information content (AvgIpc) is 2.09. The fourth-order valence-corrected chi connectivity index (χ4v) is 4.90. The second kappa shape index (κ2) is 4.11. The van der Waals surface area contributed by atoms with E-state index in [0.29, 0.717) is 6.42 Å². The van der Waals surface area contributed by atoms with Crippen LogP contribution in [0, 0.1) is 0 Å². The van der Waals surface area contributed by atoms with Gasteiger partial charge in [0.25, 0.3) is 0 Å². The molecule has 3 atom stereocenters. The lowest BCUT2D eigenvalue weighted by Crippen LogP contribution is -2.43. The Morgan fingerprint density at radius 3 is 2.92 bits per heavy atom. The van der Waals surface area contributed by atoms with E-state index in [9.17, 15) is 9.32 Å². The molecule has 0 aromatic heterocycles. The van der Waals surface area contributed by atoms with Crippen molar-refractivity contribution in [3.8, 4) is 0 Å². The zero-order valence-corrected chi connectivity index (χ0v) is 9.21. The Bertz CT molecular complexity index is 184. The van der Waals surface area contributed by atoms with Crippen LogP contribution in [-0.4, -0.2) is 31.0 Å². The van der Waals surface area contributed by atoms with Crippen molar-refractivity contribution in [3.05, 3.63) is 0 Å². The Balaban J connectivity index is 2.72. The third-order valence-corrected chi connectivity index (χ3v) is 6.39. The minimum Gasteiger partial charge on any atom is -0.391 e. The average molecular weight is 208 g/mol. The summed E-state index contributed by atoms with van der Waals surface area (Å²) in [5, 5.41) is 9.70. The van der Waals surface area contributed by atoms with Crippen molar-refractivity contribution < 1.29 is 9.32 Å². The molecule has 0 aromatic carbocycles. The molecule has 1 aliphatic heterocycles. The Labute approximate surface area is 80.6 Å². The van der Waals surface area contributed by atoms with Crippen molar-refractivity contribution >= 4 is 22.6 Å². The van der Waals surface area contributed by atoms with E-state index >= 15 is 0 Å². The van der Waals surface area contributed by atoms with E-state index in [1.165, 1.54) is 0 Å². The number of hydrogen-bond donors (Lipinski definition) is 1. The molecule has 1 heterocycles. The van der Waals surface area contributed by atoms with Gasteiger partial charge in [0.1, 0.15) is 4.08 Å². The molecule has 0 aliphatic carbocycles. The molecular formula is C8H16O2S2. The fraction of sp³-hybridized carbons (Fsp3) is 1.00. The van der Waals surface area contributed by atoms with Gasteiger partial charge >= 0.3 is 0 Å². The summed E-state index contributed by atoms with van der Waals surface area (Å²) in [7, 11) is -0.861. The zero-order chi connectivity index (χ0) is 9.19. The fourth-order valence-electron chi connectivity index (χ4n) is 1.35. The van der Waals surface area contributed by atoms with Crippen LogP contribution in [-0.2, 0) is 10.8 Å². The molecule has 0 bridgehead atoms. The van der Waals surface area contributed by atoms with Gasteiger partial charge in [-0.15, -0.1) is 11.8 Å². The highest BCUT2D eigenvalue weighted by atomic mass is 32.2. The van der Waals surface area contributed by atoms with Crippen LogP contribution in [0.2, 0.25) is 0 Å². The van der Waals surface area contributed by atoms with Crippen LogP contribution in [0.25, 0.3) is 0 Å². The highest BCUT2D eigenvalue weighted by molar-refractivity contribution is 8.13. The molecule has 1 N–H and O–H groups in total. The van der Waals surface area contributed by atoms with Crippen molar-refractivity contribution in [2.45, 2.75) is 36.9 Å². The van der Waals surface area contributed by atoms with Crippen LogP contribution in [0.15, 0.2) is 0 Å². The molecule has 3 unspecified atom stereocenters. The summed E-state index contributed by atoms with van der Waals surface area (Å²) >= 11 is 1.66. The number of aliphatic hydroxyl groups excluding tert-OH is 1. The highest BCUT2D eigenvalue weighted by Crippen LogP contribution is 2.38. The smallest absolute Gasteiger partial charge is 0.114 e. The van der Waals surface area contributed by atoms with Gasteiger partial charge < -0.3 is 5.11 Å². The number of thioether (sulfide) groups is 1. The predicted octanol–water partition coefficient (Wildman–Crippen LogP) is 1.36. The third-order valence-electron chi connectivity index (χ3n) is 2.31. The first kappa shape index (κ1) is 10.5. The van der Waals surface area contributed by atoms with E-state index in [-0.39, 0.29) is 0 Å². The Morgan fingerprint density at radius 1 is 1.75 bits per heavy atom. The van der Waals surface area contributed by atoms with Gasteiger partial charge in [-0.2, -0.15) is 0 Å². The first-order valence-corrected chi connectivity index (χ1v) is 6.62. The van der Waals surface area contributed by atoms with Crippen LogP contribution >= 0.6 is 11.8 Å². The molecule has 0 saturated carbocycles. The van der Waals surface area contributed by atoms with Crippen molar-refractivity contribution in [1.82, 2.24) is 0 Å². The molecule has 1 fully saturated rings. The quantitative estimate of drug-likeness (QED) is 0.744. The first-order valence-electron chi connectivity index (χ1n) is 4.31. The van der Waals surface area contributed by atoms with E-state index in [4.69, 9.17) is 0 Å². The molecule has 1 saturated heterocycles.